The van der Waals surface area contributed by atoms with E-state index in [0.717, 1.165) is 50.3 Å². The molecule has 0 amide bonds. The molecule has 0 aliphatic carbocycles. The zero-order chi connectivity index (χ0) is 21.5. The number of anilines is 1. The Morgan fingerprint density at radius 1 is 1.06 bits per heavy atom. The van der Waals surface area contributed by atoms with E-state index in [1.165, 1.54) is 11.3 Å². The van der Waals surface area contributed by atoms with Crippen molar-refractivity contribution in [3.05, 3.63) is 78.4 Å². The van der Waals surface area contributed by atoms with Gasteiger partial charge in [0.05, 0.1) is 13.7 Å². The van der Waals surface area contributed by atoms with Crippen molar-refractivity contribution >= 4 is 35.6 Å². The third kappa shape index (κ3) is 5.93. The van der Waals surface area contributed by atoms with Crippen molar-refractivity contribution in [3.8, 4) is 5.75 Å². The van der Waals surface area contributed by atoms with Gasteiger partial charge in [0.1, 0.15) is 11.6 Å². The Hall–Kier alpha value is -2.75. The number of hydrogen-bond donors (Lipinski definition) is 1. The summed E-state index contributed by atoms with van der Waals surface area (Å²) in [6, 6.07) is 18.7. The zero-order valence-corrected chi connectivity index (χ0v) is 21.0. The van der Waals surface area contributed by atoms with Gasteiger partial charge in [-0.25, -0.2) is 4.98 Å². The fraction of sp³-hybridized carbons (Fsp3) is 0.333. The van der Waals surface area contributed by atoms with E-state index in [9.17, 15) is 0 Å². The first-order valence-electron chi connectivity index (χ1n) is 10.7. The average Bonchev–Trinajstić information content (AvgIpc) is 3.27. The predicted molar refractivity (Wildman–Crippen MR) is 140 cm³/mol. The van der Waals surface area contributed by atoms with Crippen LogP contribution in [0, 0.1) is 0 Å². The maximum absolute atomic E-state index is 5.36. The standard InChI is InChI=1S/C24H30N6O.HI/c1-25-24(27-18-23-26-11-12-30(23)19-20-7-4-3-5-8-20)29-15-13-28(14-16-29)21-9-6-10-22(17-21)31-2;/h3-12,17H,13-16,18-19H2,1-2H3,(H,25,27);1H. The monoisotopic (exact) mass is 546 g/mol. The maximum atomic E-state index is 5.36. The summed E-state index contributed by atoms with van der Waals surface area (Å²) in [5, 5.41) is 3.49. The van der Waals surface area contributed by atoms with Crippen LogP contribution in [0.4, 0.5) is 5.69 Å². The van der Waals surface area contributed by atoms with E-state index in [1.54, 1.807) is 7.11 Å². The summed E-state index contributed by atoms with van der Waals surface area (Å²) in [4.78, 5) is 13.7. The number of benzene rings is 2. The molecule has 1 fully saturated rings. The minimum Gasteiger partial charge on any atom is -0.497 e. The van der Waals surface area contributed by atoms with E-state index >= 15 is 0 Å². The molecule has 3 aromatic rings. The number of halogens is 1. The van der Waals surface area contributed by atoms with Crippen LogP contribution in [0.25, 0.3) is 0 Å². The van der Waals surface area contributed by atoms with Gasteiger partial charge < -0.3 is 24.4 Å². The molecule has 8 heteroatoms. The Labute approximate surface area is 207 Å². The summed E-state index contributed by atoms with van der Waals surface area (Å²) in [5.41, 5.74) is 2.46. The molecule has 0 atom stereocenters. The molecule has 0 spiro atoms. The fourth-order valence-electron chi connectivity index (χ4n) is 3.91. The second kappa shape index (κ2) is 11.8. The molecule has 1 aliphatic heterocycles. The van der Waals surface area contributed by atoms with Gasteiger partial charge in [-0.2, -0.15) is 0 Å². The largest absolute Gasteiger partial charge is 0.497 e. The lowest BCUT2D eigenvalue weighted by atomic mass is 10.2. The van der Waals surface area contributed by atoms with Gasteiger partial charge in [0.2, 0.25) is 0 Å². The summed E-state index contributed by atoms with van der Waals surface area (Å²) < 4.78 is 7.54. The highest BCUT2D eigenvalue weighted by atomic mass is 127. The van der Waals surface area contributed by atoms with Crippen molar-refractivity contribution in [1.82, 2.24) is 19.8 Å². The van der Waals surface area contributed by atoms with Crippen molar-refractivity contribution in [2.45, 2.75) is 13.1 Å². The van der Waals surface area contributed by atoms with Crippen LogP contribution in [0.15, 0.2) is 72.0 Å². The summed E-state index contributed by atoms with van der Waals surface area (Å²) in [5.74, 6) is 2.81. The topological polar surface area (TPSA) is 57.9 Å². The van der Waals surface area contributed by atoms with Gasteiger partial charge in [0, 0.05) is 63.9 Å². The summed E-state index contributed by atoms with van der Waals surface area (Å²) in [6.07, 6.45) is 3.88. The molecule has 2 aromatic carbocycles. The van der Waals surface area contributed by atoms with Crippen LogP contribution in [0.5, 0.6) is 5.75 Å². The smallest absolute Gasteiger partial charge is 0.194 e. The van der Waals surface area contributed by atoms with Gasteiger partial charge in [-0.3, -0.25) is 4.99 Å². The number of guanidine groups is 1. The van der Waals surface area contributed by atoms with Gasteiger partial charge in [-0.15, -0.1) is 24.0 Å². The van der Waals surface area contributed by atoms with Crippen LogP contribution < -0.4 is 15.0 Å². The third-order valence-electron chi connectivity index (χ3n) is 5.61. The molecule has 0 saturated carbocycles. The lowest BCUT2D eigenvalue weighted by molar-refractivity contribution is 0.371. The van der Waals surface area contributed by atoms with Gasteiger partial charge in [0.25, 0.3) is 0 Å². The number of imidazole rings is 1. The van der Waals surface area contributed by atoms with Crippen LogP contribution in [0.1, 0.15) is 11.4 Å². The molecule has 1 saturated heterocycles. The molecule has 2 heterocycles. The molecular weight excluding hydrogens is 515 g/mol. The number of hydrogen-bond acceptors (Lipinski definition) is 4. The summed E-state index contributed by atoms with van der Waals surface area (Å²) >= 11 is 0. The molecule has 1 aromatic heterocycles. The average molecular weight is 546 g/mol. The minimum atomic E-state index is 0. The SMILES string of the molecule is CN=C(NCc1nccn1Cc1ccccc1)N1CCN(c2cccc(OC)c2)CC1.I. The van der Waals surface area contributed by atoms with Crippen molar-refractivity contribution in [2.75, 3.05) is 45.2 Å². The second-order valence-corrected chi connectivity index (χ2v) is 7.53. The Morgan fingerprint density at radius 2 is 1.84 bits per heavy atom. The van der Waals surface area contributed by atoms with E-state index in [2.05, 4.69) is 66.1 Å². The molecule has 0 unspecified atom stereocenters. The lowest BCUT2D eigenvalue weighted by Crippen LogP contribution is -2.52. The molecule has 0 radical (unpaired) electrons. The Kier molecular flexibility index (Phi) is 8.78. The number of nitrogens with one attached hydrogen (secondary N) is 1. The van der Waals surface area contributed by atoms with Crippen LogP contribution in [-0.2, 0) is 13.1 Å². The molecule has 7 nitrogen and oxygen atoms in total. The Balaban J connectivity index is 0.00000289. The van der Waals surface area contributed by atoms with Crippen molar-refractivity contribution < 1.29 is 4.74 Å². The molecule has 0 bridgehead atoms. The van der Waals surface area contributed by atoms with Gasteiger partial charge in [-0.05, 0) is 17.7 Å². The number of aromatic nitrogens is 2. The predicted octanol–water partition coefficient (Wildman–Crippen LogP) is 3.46. The molecule has 4 rings (SSSR count). The number of nitrogens with zero attached hydrogens (tertiary/aromatic N) is 5. The third-order valence-corrected chi connectivity index (χ3v) is 5.61. The number of methoxy groups -OCH3 is 1. The summed E-state index contributed by atoms with van der Waals surface area (Å²) in [6.45, 7) is 5.16. The number of piperazine rings is 1. The molecule has 170 valence electrons. The first-order valence-corrected chi connectivity index (χ1v) is 10.7. The maximum Gasteiger partial charge on any atom is 0.194 e. The van der Waals surface area contributed by atoms with E-state index < -0.39 is 0 Å². The Bertz CT molecular complexity index is 998. The Morgan fingerprint density at radius 3 is 2.56 bits per heavy atom. The minimum absolute atomic E-state index is 0. The second-order valence-electron chi connectivity index (χ2n) is 7.53. The van der Waals surface area contributed by atoms with Crippen molar-refractivity contribution in [1.29, 1.82) is 0 Å². The normalized spacial score (nSPS) is 14.1. The first kappa shape index (κ1) is 23.9. The van der Waals surface area contributed by atoms with Crippen molar-refractivity contribution in [3.63, 3.8) is 0 Å². The van der Waals surface area contributed by atoms with Gasteiger partial charge in [0.15, 0.2) is 5.96 Å². The molecule has 1 N–H and O–H groups in total. The zero-order valence-electron chi connectivity index (χ0n) is 18.6. The van der Waals surface area contributed by atoms with Crippen molar-refractivity contribution in [2.24, 2.45) is 4.99 Å². The lowest BCUT2D eigenvalue weighted by Gasteiger charge is -2.37. The number of aliphatic imine (C=N–C) groups is 1. The van der Waals surface area contributed by atoms with Crippen LogP contribution in [0.2, 0.25) is 0 Å². The first-order chi connectivity index (χ1) is 15.3. The van der Waals surface area contributed by atoms with E-state index in [-0.39, 0.29) is 24.0 Å². The number of rotatable bonds is 6. The summed E-state index contributed by atoms with van der Waals surface area (Å²) in [7, 11) is 3.55. The van der Waals surface area contributed by atoms with E-state index in [4.69, 9.17) is 4.74 Å². The van der Waals surface area contributed by atoms with Gasteiger partial charge >= 0.3 is 0 Å². The van der Waals surface area contributed by atoms with Gasteiger partial charge in [-0.1, -0.05) is 36.4 Å². The highest BCUT2D eigenvalue weighted by molar-refractivity contribution is 14.0. The highest BCUT2D eigenvalue weighted by Gasteiger charge is 2.20. The number of ether oxygens (including phenoxy) is 1. The van der Waals surface area contributed by atoms with E-state index in [0.29, 0.717) is 6.54 Å². The molecule has 32 heavy (non-hydrogen) atoms. The fourth-order valence-corrected chi connectivity index (χ4v) is 3.91. The van der Waals surface area contributed by atoms with Crippen LogP contribution in [0.3, 0.4) is 0 Å². The highest BCUT2D eigenvalue weighted by Crippen LogP contribution is 2.22. The van der Waals surface area contributed by atoms with E-state index in [1.807, 2.05) is 37.6 Å². The van der Waals surface area contributed by atoms with Crippen LogP contribution in [-0.4, -0.2) is 60.7 Å². The van der Waals surface area contributed by atoms with Crippen LogP contribution >= 0.6 is 24.0 Å². The quantitative estimate of drug-likeness (QED) is 0.292. The molecule has 1 aliphatic rings. The molecular formula is C24H31IN6O.